The molecule has 2 atom stereocenters. The Bertz CT molecular complexity index is 382. The van der Waals surface area contributed by atoms with Crippen LogP contribution in [0.4, 0.5) is 8.78 Å². The van der Waals surface area contributed by atoms with Gasteiger partial charge in [-0.05, 0) is 20.3 Å². The molecule has 1 amide bonds. The number of hydrogen-bond donors (Lipinski definition) is 0. The predicted molar refractivity (Wildman–Crippen MR) is 58.0 cm³/mol. The van der Waals surface area contributed by atoms with E-state index in [1.54, 1.807) is 4.90 Å². The summed E-state index contributed by atoms with van der Waals surface area (Å²) in [6, 6.07) is 0. The normalized spacial score (nSPS) is 37.6. The van der Waals surface area contributed by atoms with Crippen molar-refractivity contribution in [2.75, 3.05) is 19.7 Å². The molecule has 2 heterocycles. The third-order valence-electron chi connectivity index (χ3n) is 4.64. The van der Waals surface area contributed by atoms with Gasteiger partial charge in [0.05, 0.1) is 23.7 Å². The standard InChI is InChI=1S/C12H17F2NO3/c1-11(2)12(3-7(12)6-17-11)9(16)15-4-8(5-15)18-10(13)14/h7-8,10H,3-6H2,1-2H3. The minimum atomic E-state index is -2.76. The molecule has 0 bridgehead atoms. The molecular weight excluding hydrogens is 244 g/mol. The summed E-state index contributed by atoms with van der Waals surface area (Å²) in [5.41, 5.74) is -0.855. The van der Waals surface area contributed by atoms with E-state index in [1.165, 1.54) is 0 Å². The molecule has 1 saturated carbocycles. The molecule has 1 aliphatic carbocycles. The first-order valence-corrected chi connectivity index (χ1v) is 6.24. The topological polar surface area (TPSA) is 38.8 Å². The lowest BCUT2D eigenvalue weighted by molar-refractivity contribution is -0.202. The van der Waals surface area contributed by atoms with E-state index in [0.717, 1.165) is 6.42 Å². The fourth-order valence-electron chi connectivity index (χ4n) is 3.34. The van der Waals surface area contributed by atoms with Crippen LogP contribution < -0.4 is 0 Å². The molecule has 0 aromatic rings. The van der Waals surface area contributed by atoms with Gasteiger partial charge in [0.2, 0.25) is 5.91 Å². The first-order valence-electron chi connectivity index (χ1n) is 6.24. The average Bonchev–Trinajstić information content (AvgIpc) is 2.89. The highest BCUT2D eigenvalue weighted by Gasteiger charge is 2.74. The van der Waals surface area contributed by atoms with Crippen LogP contribution >= 0.6 is 0 Å². The number of hydrogen-bond acceptors (Lipinski definition) is 3. The van der Waals surface area contributed by atoms with Gasteiger partial charge >= 0.3 is 6.61 Å². The molecule has 0 aromatic carbocycles. The number of ether oxygens (including phenoxy) is 2. The molecule has 4 nitrogen and oxygen atoms in total. The van der Waals surface area contributed by atoms with Crippen LogP contribution in [0.25, 0.3) is 0 Å². The lowest BCUT2D eigenvalue weighted by Gasteiger charge is -2.42. The Morgan fingerprint density at radius 2 is 2.11 bits per heavy atom. The lowest BCUT2D eigenvalue weighted by Crippen LogP contribution is -2.59. The Balaban J connectivity index is 1.61. The van der Waals surface area contributed by atoms with Crippen molar-refractivity contribution in [2.45, 2.75) is 38.6 Å². The molecule has 0 spiro atoms. The molecule has 2 aliphatic heterocycles. The zero-order chi connectivity index (χ0) is 13.1. The van der Waals surface area contributed by atoms with Crippen molar-refractivity contribution in [1.29, 1.82) is 0 Å². The molecule has 3 rings (SSSR count). The van der Waals surface area contributed by atoms with E-state index in [2.05, 4.69) is 4.74 Å². The summed E-state index contributed by atoms with van der Waals surface area (Å²) in [6.45, 7) is 2.28. The number of likely N-dealkylation sites (tertiary alicyclic amines) is 1. The minimum Gasteiger partial charge on any atom is -0.374 e. The van der Waals surface area contributed by atoms with Gasteiger partial charge in [-0.2, -0.15) is 8.78 Å². The molecule has 0 radical (unpaired) electrons. The van der Waals surface area contributed by atoms with E-state index in [4.69, 9.17) is 4.74 Å². The fraction of sp³-hybridized carbons (Fsp3) is 0.917. The van der Waals surface area contributed by atoms with E-state index < -0.39 is 23.7 Å². The largest absolute Gasteiger partial charge is 0.374 e. The molecule has 102 valence electrons. The maximum absolute atomic E-state index is 12.4. The van der Waals surface area contributed by atoms with Gasteiger partial charge in [0.1, 0.15) is 0 Å². The van der Waals surface area contributed by atoms with Crippen LogP contribution in [0.15, 0.2) is 0 Å². The van der Waals surface area contributed by atoms with Gasteiger partial charge in [-0.15, -0.1) is 0 Å². The summed E-state index contributed by atoms with van der Waals surface area (Å²) in [5, 5.41) is 0. The zero-order valence-electron chi connectivity index (χ0n) is 10.5. The van der Waals surface area contributed by atoms with Gasteiger partial charge in [-0.3, -0.25) is 4.79 Å². The van der Waals surface area contributed by atoms with Crippen LogP contribution in [-0.4, -0.2) is 48.8 Å². The second kappa shape index (κ2) is 3.63. The number of rotatable bonds is 3. The molecule has 18 heavy (non-hydrogen) atoms. The van der Waals surface area contributed by atoms with E-state index in [9.17, 15) is 13.6 Å². The Morgan fingerprint density at radius 1 is 1.44 bits per heavy atom. The van der Waals surface area contributed by atoms with Crippen LogP contribution in [0.3, 0.4) is 0 Å². The quantitative estimate of drug-likeness (QED) is 0.767. The summed E-state index contributed by atoms with van der Waals surface area (Å²) < 4.78 is 34.0. The smallest absolute Gasteiger partial charge is 0.345 e. The summed E-state index contributed by atoms with van der Waals surface area (Å²) in [4.78, 5) is 14.1. The SMILES string of the molecule is CC1(C)OCC2CC21C(=O)N1CC(OC(F)F)C1. The predicted octanol–water partition coefficient (Wildman–Crippen LogP) is 1.25. The molecular formula is C12H17F2NO3. The van der Waals surface area contributed by atoms with Crippen LogP contribution in [0, 0.1) is 11.3 Å². The Morgan fingerprint density at radius 3 is 2.56 bits per heavy atom. The monoisotopic (exact) mass is 261 g/mol. The highest BCUT2D eigenvalue weighted by molar-refractivity contribution is 5.88. The number of amides is 1. The van der Waals surface area contributed by atoms with E-state index >= 15 is 0 Å². The molecule has 3 fully saturated rings. The first-order chi connectivity index (χ1) is 8.37. The third kappa shape index (κ3) is 1.51. The fourth-order valence-corrected chi connectivity index (χ4v) is 3.34. The van der Waals surface area contributed by atoms with Crippen molar-refractivity contribution >= 4 is 5.91 Å². The first kappa shape index (κ1) is 12.3. The molecule has 0 N–H and O–H groups in total. The van der Waals surface area contributed by atoms with Gasteiger partial charge in [-0.1, -0.05) is 0 Å². The summed E-state index contributed by atoms with van der Waals surface area (Å²) in [7, 11) is 0. The molecule has 2 saturated heterocycles. The highest BCUT2D eigenvalue weighted by atomic mass is 19.3. The number of fused-ring (bicyclic) bond motifs is 1. The Kier molecular flexibility index (Phi) is 2.48. The second-order valence-electron chi connectivity index (χ2n) is 5.92. The van der Waals surface area contributed by atoms with Crippen molar-refractivity contribution in [3.8, 4) is 0 Å². The van der Waals surface area contributed by atoms with Crippen LogP contribution in [0.5, 0.6) is 0 Å². The number of alkyl halides is 2. The number of nitrogens with zero attached hydrogens (tertiary/aromatic N) is 1. The zero-order valence-corrected chi connectivity index (χ0v) is 10.5. The van der Waals surface area contributed by atoms with Crippen molar-refractivity contribution in [2.24, 2.45) is 11.3 Å². The number of halogens is 2. The minimum absolute atomic E-state index is 0.0455. The van der Waals surface area contributed by atoms with Gasteiger partial charge in [0.15, 0.2) is 0 Å². The van der Waals surface area contributed by atoms with Crippen molar-refractivity contribution in [3.63, 3.8) is 0 Å². The van der Waals surface area contributed by atoms with E-state index in [1.807, 2.05) is 13.8 Å². The maximum atomic E-state index is 12.4. The maximum Gasteiger partial charge on any atom is 0.345 e. The number of carbonyl (C=O) groups excluding carboxylic acids is 1. The van der Waals surface area contributed by atoms with Crippen LogP contribution in [-0.2, 0) is 14.3 Å². The van der Waals surface area contributed by atoms with Crippen molar-refractivity contribution < 1.29 is 23.0 Å². The Labute approximate surface area is 104 Å². The molecule has 0 aromatic heterocycles. The van der Waals surface area contributed by atoms with E-state index in [0.29, 0.717) is 12.5 Å². The summed E-state index contributed by atoms with van der Waals surface area (Å²) >= 11 is 0. The van der Waals surface area contributed by atoms with Crippen molar-refractivity contribution in [1.82, 2.24) is 4.90 Å². The molecule has 3 aliphatic rings. The summed E-state index contributed by atoms with van der Waals surface area (Å²) in [5.74, 6) is 0.346. The second-order valence-corrected chi connectivity index (χ2v) is 5.92. The van der Waals surface area contributed by atoms with Gasteiger partial charge in [0.25, 0.3) is 0 Å². The van der Waals surface area contributed by atoms with Gasteiger partial charge in [0, 0.05) is 19.0 Å². The Hall–Kier alpha value is -0.750. The van der Waals surface area contributed by atoms with Crippen LogP contribution in [0.2, 0.25) is 0 Å². The lowest BCUT2D eigenvalue weighted by atomic mass is 9.84. The molecule has 6 heteroatoms. The van der Waals surface area contributed by atoms with Crippen molar-refractivity contribution in [3.05, 3.63) is 0 Å². The summed E-state index contributed by atoms with van der Waals surface area (Å²) in [6.07, 6.45) is 0.336. The average molecular weight is 261 g/mol. The highest BCUT2D eigenvalue weighted by Crippen LogP contribution is 2.66. The molecule has 2 unspecified atom stereocenters. The van der Waals surface area contributed by atoms with Gasteiger partial charge < -0.3 is 14.4 Å². The third-order valence-corrected chi connectivity index (χ3v) is 4.64. The van der Waals surface area contributed by atoms with Gasteiger partial charge in [-0.25, -0.2) is 0 Å². The van der Waals surface area contributed by atoms with E-state index in [-0.39, 0.29) is 19.0 Å². The van der Waals surface area contributed by atoms with Crippen LogP contribution in [0.1, 0.15) is 20.3 Å². The number of carbonyl (C=O) groups is 1.